The van der Waals surface area contributed by atoms with E-state index in [-0.39, 0.29) is 5.15 Å². The number of esters is 1. The second kappa shape index (κ2) is 8.69. The second-order valence-electron chi connectivity index (χ2n) is 6.88. The molecule has 2 heterocycles. The molecule has 0 aliphatic heterocycles. The van der Waals surface area contributed by atoms with Crippen molar-refractivity contribution in [2.45, 2.75) is 19.9 Å². The summed E-state index contributed by atoms with van der Waals surface area (Å²) in [5, 5.41) is 1.91. The first-order valence-corrected chi connectivity index (χ1v) is 10.7. The summed E-state index contributed by atoms with van der Waals surface area (Å²) in [7, 11) is 1.35. The molecule has 0 unspecified atom stereocenters. The van der Waals surface area contributed by atoms with Crippen molar-refractivity contribution in [2.75, 3.05) is 7.11 Å². The zero-order valence-electron chi connectivity index (χ0n) is 16.8. The molecular formula is C23H18BrClN2O4. The summed E-state index contributed by atoms with van der Waals surface area (Å²) in [6.45, 7) is 2.41. The van der Waals surface area contributed by atoms with Gasteiger partial charge in [-0.25, -0.2) is 9.78 Å². The fraction of sp³-hybridized carbons (Fsp3) is 0.174. The van der Waals surface area contributed by atoms with Crippen molar-refractivity contribution in [3.63, 3.8) is 0 Å². The average Bonchev–Trinajstić information content (AvgIpc) is 3.28. The van der Waals surface area contributed by atoms with Crippen molar-refractivity contribution in [3.05, 3.63) is 74.9 Å². The van der Waals surface area contributed by atoms with E-state index in [1.54, 1.807) is 12.1 Å². The smallest absolute Gasteiger partial charge is 0.338 e. The maximum atomic E-state index is 12.2. The Morgan fingerprint density at radius 2 is 2.03 bits per heavy atom. The number of hydrogen-bond donors (Lipinski definition) is 0. The number of carbonyl (C=O) groups excluding carboxylic acids is 2. The Labute approximate surface area is 191 Å². The van der Waals surface area contributed by atoms with Crippen LogP contribution in [0, 0.1) is 0 Å². The van der Waals surface area contributed by atoms with Crippen LogP contribution in [0.5, 0.6) is 0 Å². The van der Waals surface area contributed by atoms with Crippen molar-refractivity contribution in [1.82, 2.24) is 9.55 Å². The number of carbonyl (C=O) groups is 2. The predicted octanol–water partition coefficient (Wildman–Crippen LogP) is 5.92. The van der Waals surface area contributed by atoms with E-state index < -0.39 is 5.97 Å². The number of hydrogen-bond acceptors (Lipinski definition) is 5. The highest BCUT2D eigenvalue weighted by molar-refractivity contribution is 9.10. The summed E-state index contributed by atoms with van der Waals surface area (Å²) in [4.78, 5) is 28.0. The number of imidazole rings is 1. The molecule has 2 aromatic heterocycles. The van der Waals surface area contributed by atoms with Gasteiger partial charge >= 0.3 is 5.97 Å². The van der Waals surface area contributed by atoms with E-state index in [4.69, 9.17) is 20.8 Å². The minimum atomic E-state index is -0.432. The topological polar surface area (TPSA) is 74.3 Å². The van der Waals surface area contributed by atoms with Crippen molar-refractivity contribution >= 4 is 50.6 Å². The summed E-state index contributed by atoms with van der Waals surface area (Å²) in [5.74, 6) is 0.882. The van der Waals surface area contributed by atoms with Gasteiger partial charge in [0.15, 0.2) is 16.1 Å². The number of aryl methyl sites for hydroxylation is 1. The van der Waals surface area contributed by atoms with Gasteiger partial charge in [-0.1, -0.05) is 48.9 Å². The first-order chi connectivity index (χ1) is 15.0. The van der Waals surface area contributed by atoms with E-state index in [2.05, 4.69) is 20.9 Å². The Bertz CT molecular complexity index is 1310. The third-order valence-electron chi connectivity index (χ3n) is 5.12. The van der Waals surface area contributed by atoms with E-state index in [0.717, 1.165) is 28.4 Å². The fourth-order valence-corrected chi connectivity index (χ4v) is 4.38. The molecule has 8 heteroatoms. The number of aromatic nitrogens is 2. The maximum absolute atomic E-state index is 12.2. The van der Waals surface area contributed by atoms with Crippen LogP contribution in [0.15, 0.2) is 51.6 Å². The van der Waals surface area contributed by atoms with Gasteiger partial charge in [-0.2, -0.15) is 0 Å². The average molecular weight is 502 g/mol. The molecule has 6 nitrogen and oxygen atoms in total. The zero-order chi connectivity index (χ0) is 22.1. The minimum Gasteiger partial charge on any atom is -0.465 e. The van der Waals surface area contributed by atoms with E-state index in [9.17, 15) is 9.59 Å². The molecule has 0 aliphatic carbocycles. The monoisotopic (exact) mass is 500 g/mol. The molecule has 2 aromatic carbocycles. The van der Waals surface area contributed by atoms with Crippen LogP contribution < -0.4 is 0 Å². The summed E-state index contributed by atoms with van der Waals surface area (Å²) in [6.07, 6.45) is 1.38. The lowest BCUT2D eigenvalue weighted by atomic mass is 10.0. The summed E-state index contributed by atoms with van der Waals surface area (Å²) >= 11 is 9.61. The SMILES string of the molecule is CCc1nc(Cl)c(C=O)n1Cc1ccc2c(-c3ccccc3C(=O)OC)oc(Br)c2c1. The molecular weight excluding hydrogens is 484 g/mol. The number of halogens is 2. The lowest BCUT2D eigenvalue weighted by Crippen LogP contribution is -2.08. The van der Waals surface area contributed by atoms with Crippen molar-refractivity contribution in [3.8, 4) is 11.3 Å². The molecule has 0 bridgehead atoms. The molecule has 0 aliphatic rings. The summed E-state index contributed by atoms with van der Waals surface area (Å²) in [5.41, 5.74) is 2.38. The van der Waals surface area contributed by atoms with E-state index in [1.807, 2.05) is 41.8 Å². The second-order valence-corrected chi connectivity index (χ2v) is 7.96. The van der Waals surface area contributed by atoms with Crippen molar-refractivity contribution in [1.29, 1.82) is 0 Å². The normalized spacial score (nSPS) is 11.1. The Morgan fingerprint density at radius 3 is 2.74 bits per heavy atom. The molecule has 31 heavy (non-hydrogen) atoms. The quantitative estimate of drug-likeness (QED) is 0.242. The van der Waals surface area contributed by atoms with Crippen molar-refractivity contribution in [2.24, 2.45) is 0 Å². The highest BCUT2D eigenvalue weighted by atomic mass is 79.9. The molecule has 0 atom stereocenters. The number of benzene rings is 2. The van der Waals surface area contributed by atoms with Crippen LogP contribution in [0.4, 0.5) is 0 Å². The first-order valence-electron chi connectivity index (χ1n) is 9.57. The summed E-state index contributed by atoms with van der Waals surface area (Å²) in [6, 6.07) is 13.0. The lowest BCUT2D eigenvalue weighted by Gasteiger charge is -2.09. The van der Waals surface area contributed by atoms with Gasteiger partial charge in [0.05, 0.1) is 12.7 Å². The van der Waals surface area contributed by atoms with Crippen molar-refractivity contribution < 1.29 is 18.7 Å². The molecule has 0 amide bonds. The third kappa shape index (κ3) is 3.79. The number of rotatable bonds is 6. The van der Waals surface area contributed by atoms with Crippen LogP contribution in [0.25, 0.3) is 22.1 Å². The first kappa shape index (κ1) is 21.3. The van der Waals surface area contributed by atoms with Gasteiger partial charge in [0.2, 0.25) is 0 Å². The van der Waals surface area contributed by atoms with Gasteiger partial charge in [-0.3, -0.25) is 4.79 Å². The number of fused-ring (bicyclic) bond motifs is 1. The van der Waals surface area contributed by atoms with E-state index in [1.165, 1.54) is 7.11 Å². The number of nitrogens with zero attached hydrogens (tertiary/aromatic N) is 2. The van der Waals surface area contributed by atoms with Gasteiger partial charge in [0, 0.05) is 29.3 Å². The molecule has 0 saturated carbocycles. The van der Waals surface area contributed by atoms with E-state index in [0.29, 0.717) is 40.2 Å². The molecule has 0 spiro atoms. The number of furan rings is 1. The minimum absolute atomic E-state index is 0.208. The van der Waals surface area contributed by atoms with Crippen LogP contribution >= 0.6 is 27.5 Å². The largest absolute Gasteiger partial charge is 0.465 e. The van der Waals surface area contributed by atoms with Gasteiger partial charge in [0.25, 0.3) is 0 Å². The molecule has 0 N–H and O–H groups in total. The third-order valence-corrected chi connectivity index (χ3v) is 5.99. The molecule has 4 rings (SSSR count). The van der Waals surface area contributed by atoms with Crippen LogP contribution in [0.2, 0.25) is 5.15 Å². The van der Waals surface area contributed by atoms with Crippen LogP contribution in [-0.4, -0.2) is 28.9 Å². The zero-order valence-corrected chi connectivity index (χ0v) is 19.2. The highest BCUT2D eigenvalue weighted by Crippen LogP contribution is 2.39. The van der Waals surface area contributed by atoms with E-state index >= 15 is 0 Å². The molecule has 158 valence electrons. The number of aldehydes is 1. The van der Waals surface area contributed by atoms with Gasteiger partial charge in [0.1, 0.15) is 17.3 Å². The molecule has 0 fully saturated rings. The van der Waals surface area contributed by atoms with Crippen LogP contribution in [0.1, 0.15) is 39.2 Å². The standard InChI is InChI=1S/C23H18BrClN2O4/c1-3-19-26-22(25)18(12-28)27(19)11-13-8-9-15-17(10-13)21(24)31-20(15)14-6-4-5-7-16(14)23(29)30-2/h4-10,12H,3,11H2,1-2H3. The number of methoxy groups -OCH3 is 1. The molecule has 0 saturated heterocycles. The Morgan fingerprint density at radius 1 is 1.26 bits per heavy atom. The predicted molar refractivity (Wildman–Crippen MR) is 122 cm³/mol. The van der Waals surface area contributed by atoms with Gasteiger partial charge in [-0.05, 0) is 33.6 Å². The Kier molecular flexibility index (Phi) is 5.98. The molecule has 0 radical (unpaired) electrons. The summed E-state index contributed by atoms with van der Waals surface area (Å²) < 4.78 is 13.3. The maximum Gasteiger partial charge on any atom is 0.338 e. The van der Waals surface area contributed by atoms with Crippen LogP contribution in [0.3, 0.4) is 0 Å². The van der Waals surface area contributed by atoms with Crippen LogP contribution in [-0.2, 0) is 17.7 Å². The highest BCUT2D eigenvalue weighted by Gasteiger charge is 2.20. The van der Waals surface area contributed by atoms with Gasteiger partial charge in [-0.15, -0.1) is 0 Å². The molecule has 4 aromatic rings. The fourth-order valence-electron chi connectivity index (χ4n) is 3.64. The number of ether oxygens (including phenoxy) is 1. The lowest BCUT2D eigenvalue weighted by molar-refractivity contribution is 0.0601. The van der Waals surface area contributed by atoms with Gasteiger partial charge < -0.3 is 13.7 Å². The Hall–Kier alpha value is -2.90. The Balaban J connectivity index is 1.80.